The summed E-state index contributed by atoms with van der Waals surface area (Å²) in [5.41, 5.74) is 3.08. The first-order valence-corrected chi connectivity index (χ1v) is 12.4. The van der Waals surface area contributed by atoms with Crippen LogP contribution in [0.2, 0.25) is 0 Å². The Morgan fingerprint density at radius 3 is 2.35 bits per heavy atom. The van der Waals surface area contributed by atoms with E-state index in [1.54, 1.807) is 13.3 Å². The van der Waals surface area contributed by atoms with Gasteiger partial charge in [0.1, 0.15) is 18.0 Å². The lowest BCUT2D eigenvalue weighted by atomic mass is 9.95. The number of fused-ring (bicyclic) bond motifs is 1. The van der Waals surface area contributed by atoms with Crippen LogP contribution in [0.3, 0.4) is 0 Å². The molecule has 1 fully saturated rings. The van der Waals surface area contributed by atoms with Gasteiger partial charge in [-0.05, 0) is 22.8 Å². The minimum absolute atomic E-state index is 0.0591. The van der Waals surface area contributed by atoms with E-state index >= 15 is 0 Å². The first-order valence-electron chi connectivity index (χ1n) is 12.4. The first-order chi connectivity index (χ1) is 17.9. The Kier molecular flexibility index (Phi) is 6.97. The first kappa shape index (κ1) is 24.6. The number of hydrogen-bond donors (Lipinski definition) is 1. The molecule has 7 heteroatoms. The molecule has 3 aromatic carbocycles. The molecule has 7 nitrogen and oxygen atoms in total. The fourth-order valence-electron chi connectivity index (χ4n) is 5.29. The zero-order valence-corrected chi connectivity index (χ0v) is 20.6. The third-order valence-electron chi connectivity index (χ3n) is 7.12. The van der Waals surface area contributed by atoms with E-state index in [9.17, 15) is 19.5 Å². The van der Waals surface area contributed by atoms with E-state index in [2.05, 4.69) is 4.99 Å². The van der Waals surface area contributed by atoms with Gasteiger partial charge in [-0.15, -0.1) is 0 Å². The molecule has 0 radical (unpaired) electrons. The van der Waals surface area contributed by atoms with Crippen LogP contribution in [0.4, 0.5) is 5.69 Å². The largest absolute Gasteiger partial charge is 0.391 e. The van der Waals surface area contributed by atoms with Crippen LogP contribution >= 0.6 is 0 Å². The number of Topliss-reactive ketones (excluding diaryl/α,β-unsaturated/α-hetero) is 1. The van der Waals surface area contributed by atoms with E-state index in [0.29, 0.717) is 5.56 Å². The summed E-state index contributed by atoms with van der Waals surface area (Å²) in [6.45, 7) is 0.0591. The highest BCUT2D eigenvalue weighted by Crippen LogP contribution is 2.35. The van der Waals surface area contributed by atoms with Crippen LogP contribution in [0, 0.1) is 0 Å². The Morgan fingerprint density at radius 1 is 0.973 bits per heavy atom. The number of β-amino-alcohol motifs (C(OH)–C–C–N with tert-alkyl or cyclic N) is 1. The van der Waals surface area contributed by atoms with E-state index in [4.69, 9.17) is 0 Å². The van der Waals surface area contributed by atoms with Gasteiger partial charge in [-0.1, -0.05) is 78.9 Å². The molecule has 37 heavy (non-hydrogen) atoms. The minimum atomic E-state index is -0.871. The normalized spacial score (nSPS) is 20.9. The van der Waals surface area contributed by atoms with Crippen LogP contribution in [-0.4, -0.2) is 64.5 Å². The monoisotopic (exact) mass is 495 g/mol. The molecule has 1 saturated heterocycles. The van der Waals surface area contributed by atoms with Crippen molar-refractivity contribution in [1.29, 1.82) is 0 Å². The summed E-state index contributed by atoms with van der Waals surface area (Å²) in [6.07, 6.45) is 1.06. The average molecular weight is 496 g/mol. The third kappa shape index (κ3) is 4.95. The lowest BCUT2D eigenvalue weighted by Gasteiger charge is -2.33. The summed E-state index contributed by atoms with van der Waals surface area (Å²) in [4.78, 5) is 48.3. The van der Waals surface area contributed by atoms with Crippen LogP contribution < -0.4 is 0 Å². The highest BCUT2D eigenvalue weighted by atomic mass is 16.3. The van der Waals surface area contributed by atoms with E-state index in [1.165, 1.54) is 9.80 Å². The summed E-state index contributed by atoms with van der Waals surface area (Å²) >= 11 is 0. The molecule has 4 atom stereocenters. The van der Waals surface area contributed by atoms with Gasteiger partial charge in [0.25, 0.3) is 0 Å². The van der Waals surface area contributed by atoms with Crippen LogP contribution in [-0.2, 0) is 20.8 Å². The van der Waals surface area contributed by atoms with Gasteiger partial charge < -0.3 is 14.9 Å². The molecule has 2 aliphatic heterocycles. The van der Waals surface area contributed by atoms with Crippen molar-refractivity contribution in [2.75, 3.05) is 13.6 Å². The highest BCUT2D eigenvalue weighted by Gasteiger charge is 2.44. The zero-order chi connectivity index (χ0) is 25.9. The average Bonchev–Trinajstić information content (AvgIpc) is 3.53. The van der Waals surface area contributed by atoms with Crippen molar-refractivity contribution < 1.29 is 19.5 Å². The third-order valence-corrected chi connectivity index (χ3v) is 7.12. The van der Waals surface area contributed by atoms with Gasteiger partial charge in [-0.2, -0.15) is 0 Å². The Morgan fingerprint density at radius 2 is 1.62 bits per heavy atom. The number of likely N-dealkylation sites (tertiary alicyclic amines) is 1. The van der Waals surface area contributed by atoms with Crippen molar-refractivity contribution >= 4 is 29.5 Å². The summed E-state index contributed by atoms with van der Waals surface area (Å²) in [5, 5.41) is 10.5. The van der Waals surface area contributed by atoms with Crippen LogP contribution in [0.5, 0.6) is 0 Å². The smallest absolute Gasteiger partial charge is 0.246 e. The number of amides is 2. The van der Waals surface area contributed by atoms with E-state index in [0.717, 1.165) is 16.8 Å². The number of aliphatic hydroxyl groups excluding tert-OH is 1. The molecular formula is C30H29N3O4. The molecule has 0 bridgehead atoms. The number of carbonyl (C=O) groups is 3. The molecular weight excluding hydrogens is 466 g/mol. The van der Waals surface area contributed by atoms with Gasteiger partial charge in [-0.25, -0.2) is 0 Å². The molecule has 0 spiro atoms. The molecule has 1 N–H and O–H groups in total. The fourth-order valence-corrected chi connectivity index (χ4v) is 5.29. The summed E-state index contributed by atoms with van der Waals surface area (Å²) in [7, 11) is 1.60. The molecule has 0 saturated carbocycles. The van der Waals surface area contributed by atoms with Crippen LogP contribution in [0.1, 0.15) is 35.1 Å². The van der Waals surface area contributed by atoms with Gasteiger partial charge in [-0.3, -0.25) is 19.4 Å². The molecule has 2 heterocycles. The van der Waals surface area contributed by atoms with E-state index < -0.39 is 24.1 Å². The number of rotatable bonds is 7. The van der Waals surface area contributed by atoms with Gasteiger partial charge in [0.05, 0.1) is 11.8 Å². The second kappa shape index (κ2) is 10.5. The van der Waals surface area contributed by atoms with Crippen LogP contribution in [0.25, 0.3) is 0 Å². The van der Waals surface area contributed by atoms with Crippen molar-refractivity contribution in [1.82, 2.24) is 9.80 Å². The molecule has 3 aromatic rings. The number of benzene rings is 3. The Hall–Kier alpha value is -4.10. The molecule has 5 rings (SSSR count). The predicted octanol–water partition coefficient (Wildman–Crippen LogP) is 3.46. The SMILES string of the molecule is CN(C(=O)[C@@H]1C[C@@H](O)CN1C(=O)C1C=Nc2ccccc21)C(C(=O)Cc1ccccc1)c1ccccc1. The lowest BCUT2D eigenvalue weighted by molar-refractivity contribution is -0.146. The van der Waals surface area contributed by atoms with Crippen molar-refractivity contribution in [2.24, 2.45) is 4.99 Å². The maximum atomic E-state index is 13.9. The molecule has 0 aromatic heterocycles. The molecule has 188 valence electrons. The quantitative estimate of drug-likeness (QED) is 0.544. The van der Waals surface area contributed by atoms with Crippen molar-refractivity contribution in [3.63, 3.8) is 0 Å². The predicted molar refractivity (Wildman–Crippen MR) is 141 cm³/mol. The van der Waals surface area contributed by atoms with Gasteiger partial charge in [0, 0.05) is 32.6 Å². The van der Waals surface area contributed by atoms with E-state index in [-0.39, 0.29) is 37.0 Å². The second-order valence-corrected chi connectivity index (χ2v) is 9.60. The summed E-state index contributed by atoms with van der Waals surface area (Å²) in [5.74, 6) is -1.37. The number of ketones is 1. The molecule has 2 amide bonds. The topological polar surface area (TPSA) is 90.3 Å². The number of hydrogen-bond acceptors (Lipinski definition) is 5. The molecule has 2 unspecified atom stereocenters. The number of nitrogens with zero attached hydrogens (tertiary/aromatic N) is 3. The number of para-hydroxylation sites is 1. The Bertz CT molecular complexity index is 1320. The van der Waals surface area contributed by atoms with Crippen molar-refractivity contribution in [3.8, 4) is 0 Å². The number of aliphatic imine (C=N–C) groups is 1. The number of carbonyl (C=O) groups excluding carboxylic acids is 3. The molecule has 0 aliphatic carbocycles. The molecule has 2 aliphatic rings. The number of aliphatic hydroxyl groups is 1. The van der Waals surface area contributed by atoms with E-state index in [1.807, 2.05) is 84.9 Å². The maximum Gasteiger partial charge on any atom is 0.246 e. The zero-order valence-electron chi connectivity index (χ0n) is 20.6. The van der Waals surface area contributed by atoms with Gasteiger partial charge in [0.2, 0.25) is 11.8 Å². The number of likely N-dealkylation sites (N-methyl/N-ethyl adjacent to an activating group) is 1. The lowest BCUT2D eigenvalue weighted by Crippen LogP contribution is -2.50. The highest BCUT2D eigenvalue weighted by molar-refractivity contribution is 6.05. The maximum absolute atomic E-state index is 13.9. The van der Waals surface area contributed by atoms with Crippen LogP contribution in [0.15, 0.2) is 89.9 Å². The summed E-state index contributed by atoms with van der Waals surface area (Å²) in [6, 6.07) is 24.3. The standard InChI is InChI=1S/C30H29N3O4/c1-32(28(21-12-6-3-7-13-21)27(35)16-20-10-4-2-5-11-20)30(37)26-17-22(34)19-33(26)29(36)24-18-31-25-15-9-8-14-23(24)25/h2-15,18,22,24,26,28,34H,16-17,19H2,1H3/t22-,24?,26+,28?/m1/s1. The Balaban J connectivity index is 1.41. The second-order valence-electron chi connectivity index (χ2n) is 9.60. The van der Waals surface area contributed by atoms with Crippen molar-refractivity contribution in [3.05, 3.63) is 102 Å². The van der Waals surface area contributed by atoms with Gasteiger partial charge >= 0.3 is 0 Å². The summed E-state index contributed by atoms with van der Waals surface area (Å²) < 4.78 is 0. The Labute approximate surface area is 216 Å². The van der Waals surface area contributed by atoms with Crippen molar-refractivity contribution in [2.45, 2.75) is 36.9 Å². The van der Waals surface area contributed by atoms with Gasteiger partial charge in [0.15, 0.2) is 5.78 Å². The fraction of sp³-hybridized carbons (Fsp3) is 0.267. The minimum Gasteiger partial charge on any atom is -0.391 e.